The summed E-state index contributed by atoms with van der Waals surface area (Å²) in [5, 5.41) is 7.25. The van der Waals surface area contributed by atoms with Crippen LogP contribution >= 0.6 is 0 Å². The average Bonchev–Trinajstić information content (AvgIpc) is 3.20. The Morgan fingerprint density at radius 1 is 1.29 bits per heavy atom. The number of halogens is 4. The maximum Gasteiger partial charge on any atom is 0.573 e. The number of carbonyl (C=O) groups excluding carboxylic acids is 2. The van der Waals surface area contributed by atoms with E-state index in [0.29, 0.717) is 0 Å². The van der Waals surface area contributed by atoms with Crippen LogP contribution in [0.25, 0.3) is 0 Å². The number of benzene rings is 1. The number of hydrogen-bond acceptors (Lipinski definition) is 5. The standard InChI is InChI=1S/C16H15F4N5O3/c17-9-5-10(7-24-8-12(14(21)26)22-23-24)25(6-9)15(27)11-3-1-2-4-13(11)28-16(18,19)20/h1-4,8-10H,5-7H2,(H2,21,26). The van der Waals surface area contributed by atoms with E-state index in [1.54, 1.807) is 0 Å². The summed E-state index contributed by atoms with van der Waals surface area (Å²) in [6, 6.07) is 4.15. The van der Waals surface area contributed by atoms with Crippen LogP contribution in [-0.4, -0.2) is 56.8 Å². The molecular formula is C16H15F4N5O3. The second kappa shape index (κ2) is 7.44. The van der Waals surface area contributed by atoms with Crippen LogP contribution in [-0.2, 0) is 6.54 Å². The van der Waals surface area contributed by atoms with Gasteiger partial charge >= 0.3 is 6.36 Å². The third kappa shape index (κ3) is 4.38. The van der Waals surface area contributed by atoms with Gasteiger partial charge < -0.3 is 15.4 Å². The van der Waals surface area contributed by atoms with Crippen molar-refractivity contribution in [2.45, 2.75) is 31.5 Å². The molecule has 1 saturated heterocycles. The second-order valence-electron chi connectivity index (χ2n) is 6.18. The molecule has 3 rings (SSSR count). The van der Waals surface area contributed by atoms with Crippen molar-refractivity contribution in [1.82, 2.24) is 19.9 Å². The number of hydrogen-bond donors (Lipinski definition) is 1. The number of para-hydroxylation sites is 1. The van der Waals surface area contributed by atoms with Crippen molar-refractivity contribution >= 4 is 11.8 Å². The number of carbonyl (C=O) groups is 2. The minimum atomic E-state index is -4.98. The number of primary amides is 1. The Morgan fingerprint density at radius 3 is 2.64 bits per heavy atom. The van der Waals surface area contributed by atoms with Gasteiger partial charge in [-0.1, -0.05) is 17.3 Å². The quantitative estimate of drug-likeness (QED) is 0.766. The van der Waals surface area contributed by atoms with E-state index in [1.165, 1.54) is 29.1 Å². The zero-order valence-corrected chi connectivity index (χ0v) is 14.3. The Balaban J connectivity index is 1.82. The largest absolute Gasteiger partial charge is 0.573 e. The lowest BCUT2D eigenvalue weighted by Crippen LogP contribution is -2.38. The smallest absolute Gasteiger partial charge is 0.405 e. The summed E-state index contributed by atoms with van der Waals surface area (Å²) in [6.07, 6.45) is -5.13. The molecule has 150 valence electrons. The lowest BCUT2D eigenvalue weighted by atomic mass is 10.1. The van der Waals surface area contributed by atoms with Gasteiger partial charge in [-0.3, -0.25) is 9.59 Å². The lowest BCUT2D eigenvalue weighted by Gasteiger charge is -2.25. The van der Waals surface area contributed by atoms with E-state index in [9.17, 15) is 27.2 Å². The summed E-state index contributed by atoms with van der Waals surface area (Å²) in [5.41, 5.74) is 4.65. The van der Waals surface area contributed by atoms with Gasteiger partial charge in [0, 0.05) is 6.42 Å². The Hall–Kier alpha value is -3.18. The Kier molecular flexibility index (Phi) is 5.21. The van der Waals surface area contributed by atoms with Crippen LogP contribution in [0.1, 0.15) is 27.3 Å². The van der Waals surface area contributed by atoms with E-state index in [0.717, 1.165) is 11.0 Å². The maximum atomic E-state index is 14.0. The van der Waals surface area contributed by atoms with Gasteiger partial charge in [0.1, 0.15) is 11.9 Å². The molecule has 2 N–H and O–H groups in total. The molecule has 2 atom stereocenters. The number of amides is 2. The van der Waals surface area contributed by atoms with Crippen LogP contribution in [0.3, 0.4) is 0 Å². The highest BCUT2D eigenvalue weighted by molar-refractivity contribution is 5.97. The van der Waals surface area contributed by atoms with Crippen LogP contribution in [0.2, 0.25) is 0 Å². The molecule has 1 aliphatic rings. The van der Waals surface area contributed by atoms with Crippen LogP contribution in [0.15, 0.2) is 30.5 Å². The minimum absolute atomic E-state index is 0.00522. The summed E-state index contributed by atoms with van der Waals surface area (Å²) in [5.74, 6) is -2.27. The van der Waals surface area contributed by atoms with Gasteiger partial charge in [0.25, 0.3) is 11.8 Å². The molecule has 0 spiro atoms. The molecule has 2 unspecified atom stereocenters. The van der Waals surface area contributed by atoms with E-state index in [2.05, 4.69) is 15.0 Å². The number of ether oxygens (including phenoxy) is 1. The third-order valence-electron chi connectivity index (χ3n) is 4.16. The monoisotopic (exact) mass is 401 g/mol. The second-order valence-corrected chi connectivity index (χ2v) is 6.18. The molecule has 1 fully saturated rings. The van der Waals surface area contributed by atoms with Crippen molar-refractivity contribution in [3.05, 3.63) is 41.7 Å². The molecule has 12 heteroatoms. The average molecular weight is 401 g/mol. The SMILES string of the molecule is NC(=O)c1cn(CC2CC(F)CN2C(=O)c2ccccc2OC(F)(F)F)nn1. The number of nitrogens with zero attached hydrogens (tertiary/aromatic N) is 4. The Bertz CT molecular complexity index is 885. The molecule has 2 heterocycles. The van der Waals surface area contributed by atoms with Crippen molar-refractivity contribution in [2.24, 2.45) is 5.73 Å². The van der Waals surface area contributed by atoms with Crippen LogP contribution in [0.5, 0.6) is 5.75 Å². The molecule has 0 radical (unpaired) electrons. The van der Waals surface area contributed by atoms with Crippen molar-refractivity contribution in [1.29, 1.82) is 0 Å². The van der Waals surface area contributed by atoms with Crippen molar-refractivity contribution in [3.8, 4) is 5.75 Å². The molecule has 0 bridgehead atoms. The zero-order valence-electron chi connectivity index (χ0n) is 14.3. The molecule has 2 amide bonds. The van der Waals surface area contributed by atoms with Gasteiger partial charge in [-0.2, -0.15) is 0 Å². The van der Waals surface area contributed by atoms with E-state index in [1.807, 2.05) is 0 Å². The summed E-state index contributed by atoms with van der Waals surface area (Å²) in [7, 11) is 0. The highest BCUT2D eigenvalue weighted by Crippen LogP contribution is 2.30. The normalized spacial score (nSPS) is 19.6. The number of likely N-dealkylation sites (tertiary alicyclic amines) is 1. The van der Waals surface area contributed by atoms with Gasteiger partial charge in [-0.05, 0) is 12.1 Å². The molecule has 8 nitrogen and oxygen atoms in total. The minimum Gasteiger partial charge on any atom is -0.405 e. The molecule has 1 aromatic heterocycles. The van der Waals surface area contributed by atoms with Crippen LogP contribution < -0.4 is 10.5 Å². The summed E-state index contributed by atoms with van der Waals surface area (Å²) in [4.78, 5) is 25.0. The van der Waals surface area contributed by atoms with E-state index in [-0.39, 0.29) is 30.8 Å². The predicted octanol–water partition coefficient (Wildman–Crippen LogP) is 1.53. The number of rotatable bonds is 5. The van der Waals surface area contributed by atoms with Gasteiger partial charge in [0.05, 0.1) is 30.9 Å². The first-order valence-electron chi connectivity index (χ1n) is 8.14. The van der Waals surface area contributed by atoms with Crippen LogP contribution in [0.4, 0.5) is 17.6 Å². The molecule has 0 saturated carbocycles. The van der Waals surface area contributed by atoms with Gasteiger partial charge in [-0.15, -0.1) is 18.3 Å². The fourth-order valence-electron chi connectivity index (χ4n) is 3.01. The first-order valence-corrected chi connectivity index (χ1v) is 8.14. The fourth-order valence-corrected chi connectivity index (χ4v) is 3.01. The number of nitrogens with two attached hydrogens (primary N) is 1. The van der Waals surface area contributed by atoms with E-state index in [4.69, 9.17) is 5.73 Å². The number of aromatic nitrogens is 3. The summed E-state index contributed by atoms with van der Waals surface area (Å²) >= 11 is 0. The van der Waals surface area contributed by atoms with E-state index < -0.39 is 36.1 Å². The highest BCUT2D eigenvalue weighted by atomic mass is 19.4. The summed E-state index contributed by atoms with van der Waals surface area (Å²) < 4.78 is 56.9. The van der Waals surface area contributed by atoms with Crippen molar-refractivity contribution in [3.63, 3.8) is 0 Å². The zero-order chi connectivity index (χ0) is 20.5. The molecule has 0 aliphatic carbocycles. The third-order valence-corrected chi connectivity index (χ3v) is 4.16. The predicted molar refractivity (Wildman–Crippen MR) is 86.0 cm³/mol. The molecule has 28 heavy (non-hydrogen) atoms. The maximum absolute atomic E-state index is 14.0. The first-order chi connectivity index (χ1) is 13.1. The first kappa shape index (κ1) is 19.6. The molecule has 1 aliphatic heterocycles. The van der Waals surface area contributed by atoms with Gasteiger partial charge in [0.2, 0.25) is 0 Å². The lowest BCUT2D eigenvalue weighted by molar-refractivity contribution is -0.274. The topological polar surface area (TPSA) is 103 Å². The van der Waals surface area contributed by atoms with Crippen molar-refractivity contribution in [2.75, 3.05) is 6.54 Å². The molecule has 1 aromatic carbocycles. The van der Waals surface area contributed by atoms with Crippen molar-refractivity contribution < 1.29 is 31.9 Å². The molecular weight excluding hydrogens is 386 g/mol. The Labute approximate surface area is 155 Å². The van der Waals surface area contributed by atoms with Crippen LogP contribution in [0, 0.1) is 0 Å². The highest BCUT2D eigenvalue weighted by Gasteiger charge is 2.38. The Morgan fingerprint density at radius 2 is 2.00 bits per heavy atom. The van der Waals surface area contributed by atoms with Gasteiger partial charge in [-0.25, -0.2) is 9.07 Å². The molecule has 2 aromatic rings. The van der Waals surface area contributed by atoms with E-state index >= 15 is 0 Å². The fraction of sp³-hybridized carbons (Fsp3) is 0.375. The number of alkyl halides is 4. The van der Waals surface area contributed by atoms with Gasteiger partial charge in [0.15, 0.2) is 5.69 Å². The summed E-state index contributed by atoms with van der Waals surface area (Å²) in [6.45, 7) is -0.296.